The highest BCUT2D eigenvalue weighted by atomic mass is 127. The van der Waals surface area contributed by atoms with E-state index >= 15 is 0 Å². The number of nitrogens with one attached hydrogen (secondary N) is 1. The lowest BCUT2D eigenvalue weighted by Crippen LogP contribution is -2.29. The molecule has 0 aliphatic carbocycles. The molecule has 0 heterocycles. The maximum absolute atomic E-state index is 11.8. The van der Waals surface area contributed by atoms with Crippen LogP contribution in [0.3, 0.4) is 0 Å². The third-order valence-electron chi connectivity index (χ3n) is 3.40. The lowest BCUT2D eigenvalue weighted by Gasteiger charge is -2.10. The van der Waals surface area contributed by atoms with Crippen molar-refractivity contribution in [2.75, 3.05) is 19.8 Å². The minimum absolute atomic E-state index is 0.0378. The number of aryl methyl sites for hydroxylation is 1. The van der Waals surface area contributed by atoms with E-state index < -0.39 is 0 Å². The fourth-order valence-corrected chi connectivity index (χ4v) is 2.60. The summed E-state index contributed by atoms with van der Waals surface area (Å²) in [6.45, 7) is 3.29. The standard InChI is InChI=1S/C19H22INO3/c1-2-23-18-8-4-3-6-15(18)7-5-13-21-19(22)14-24-17-11-9-16(20)10-12-17/h3-4,6,8-12H,2,5,7,13-14H2,1H3,(H,21,22). The average Bonchev–Trinajstić information content (AvgIpc) is 2.60. The van der Waals surface area contributed by atoms with Crippen LogP contribution in [0.4, 0.5) is 0 Å². The maximum Gasteiger partial charge on any atom is 0.257 e. The van der Waals surface area contributed by atoms with Gasteiger partial charge in [0, 0.05) is 10.1 Å². The summed E-state index contributed by atoms with van der Waals surface area (Å²) in [5.74, 6) is 1.52. The number of rotatable bonds is 9. The molecule has 0 bridgehead atoms. The van der Waals surface area contributed by atoms with E-state index in [0.29, 0.717) is 18.9 Å². The van der Waals surface area contributed by atoms with Crippen molar-refractivity contribution in [3.63, 3.8) is 0 Å². The second kappa shape index (κ2) is 10.2. The first-order valence-corrected chi connectivity index (χ1v) is 9.12. The highest BCUT2D eigenvalue weighted by Gasteiger charge is 2.04. The Labute approximate surface area is 156 Å². The molecule has 4 nitrogen and oxygen atoms in total. The second-order valence-electron chi connectivity index (χ2n) is 5.24. The van der Waals surface area contributed by atoms with E-state index in [1.54, 1.807) is 0 Å². The molecule has 24 heavy (non-hydrogen) atoms. The average molecular weight is 439 g/mol. The number of ether oxygens (including phenoxy) is 2. The number of benzene rings is 2. The van der Waals surface area contributed by atoms with Gasteiger partial charge in [0.2, 0.25) is 0 Å². The number of hydrogen-bond acceptors (Lipinski definition) is 3. The molecule has 2 aromatic rings. The zero-order valence-electron chi connectivity index (χ0n) is 13.8. The summed E-state index contributed by atoms with van der Waals surface area (Å²) in [5.41, 5.74) is 1.17. The van der Waals surface area contributed by atoms with Crippen LogP contribution >= 0.6 is 22.6 Å². The van der Waals surface area contributed by atoms with E-state index in [-0.39, 0.29) is 12.5 Å². The van der Waals surface area contributed by atoms with E-state index in [4.69, 9.17) is 9.47 Å². The van der Waals surface area contributed by atoms with Crippen LogP contribution in [0.25, 0.3) is 0 Å². The molecule has 0 saturated heterocycles. The number of amides is 1. The van der Waals surface area contributed by atoms with Gasteiger partial charge in [0.25, 0.3) is 5.91 Å². The molecule has 0 aliphatic heterocycles. The van der Waals surface area contributed by atoms with Crippen LogP contribution in [0.2, 0.25) is 0 Å². The molecule has 0 spiro atoms. The van der Waals surface area contributed by atoms with E-state index in [0.717, 1.165) is 22.2 Å². The Kier molecular flexibility index (Phi) is 7.88. The molecule has 0 unspecified atom stereocenters. The van der Waals surface area contributed by atoms with Gasteiger partial charge >= 0.3 is 0 Å². The number of hydrogen-bond donors (Lipinski definition) is 1. The number of para-hydroxylation sites is 1. The summed E-state index contributed by atoms with van der Waals surface area (Å²) in [5, 5.41) is 2.88. The maximum atomic E-state index is 11.8. The second-order valence-corrected chi connectivity index (χ2v) is 6.48. The van der Waals surface area contributed by atoms with Gasteiger partial charge in [0.1, 0.15) is 11.5 Å². The highest BCUT2D eigenvalue weighted by Crippen LogP contribution is 2.19. The van der Waals surface area contributed by atoms with Crippen molar-refractivity contribution < 1.29 is 14.3 Å². The molecule has 5 heteroatoms. The van der Waals surface area contributed by atoms with Crippen LogP contribution in [0.15, 0.2) is 48.5 Å². The van der Waals surface area contributed by atoms with Gasteiger partial charge in [0.05, 0.1) is 6.61 Å². The van der Waals surface area contributed by atoms with Crippen molar-refractivity contribution in [1.82, 2.24) is 5.32 Å². The molecule has 2 rings (SSSR count). The SMILES string of the molecule is CCOc1ccccc1CCCNC(=O)COc1ccc(I)cc1. The summed E-state index contributed by atoms with van der Waals surface area (Å²) < 4.78 is 12.2. The van der Waals surface area contributed by atoms with Crippen molar-refractivity contribution in [3.8, 4) is 11.5 Å². The van der Waals surface area contributed by atoms with Crippen LogP contribution in [0, 0.1) is 3.57 Å². The third kappa shape index (κ3) is 6.39. The van der Waals surface area contributed by atoms with E-state index in [2.05, 4.69) is 34.0 Å². The Bertz CT molecular complexity index is 643. The first-order chi connectivity index (χ1) is 11.7. The molecule has 0 aliphatic rings. The first-order valence-electron chi connectivity index (χ1n) is 8.05. The number of carbonyl (C=O) groups is 1. The molecule has 0 saturated carbocycles. The van der Waals surface area contributed by atoms with Gasteiger partial charge in [-0.25, -0.2) is 0 Å². The molecular weight excluding hydrogens is 417 g/mol. The van der Waals surface area contributed by atoms with Gasteiger partial charge in [-0.2, -0.15) is 0 Å². The van der Waals surface area contributed by atoms with Crippen LogP contribution in [-0.4, -0.2) is 25.7 Å². The van der Waals surface area contributed by atoms with Crippen LogP contribution < -0.4 is 14.8 Å². The summed E-state index contributed by atoms with van der Waals surface area (Å²) in [6, 6.07) is 15.6. The lowest BCUT2D eigenvalue weighted by molar-refractivity contribution is -0.123. The van der Waals surface area contributed by atoms with Crippen molar-refractivity contribution in [1.29, 1.82) is 0 Å². The van der Waals surface area contributed by atoms with Crippen molar-refractivity contribution in [2.45, 2.75) is 19.8 Å². The minimum Gasteiger partial charge on any atom is -0.494 e. The van der Waals surface area contributed by atoms with E-state index in [1.807, 2.05) is 49.4 Å². The minimum atomic E-state index is -0.105. The molecular formula is C19H22INO3. The van der Waals surface area contributed by atoms with E-state index in [9.17, 15) is 4.79 Å². The van der Waals surface area contributed by atoms with Crippen LogP contribution in [0.5, 0.6) is 11.5 Å². The van der Waals surface area contributed by atoms with Crippen LogP contribution in [0.1, 0.15) is 18.9 Å². The zero-order chi connectivity index (χ0) is 17.2. The van der Waals surface area contributed by atoms with Crippen molar-refractivity contribution in [2.24, 2.45) is 0 Å². The summed E-state index contributed by atoms with van der Waals surface area (Å²) in [4.78, 5) is 11.8. The quantitative estimate of drug-likeness (QED) is 0.478. The molecule has 0 aromatic heterocycles. The van der Waals surface area contributed by atoms with Gasteiger partial charge in [-0.15, -0.1) is 0 Å². The summed E-state index contributed by atoms with van der Waals surface area (Å²) >= 11 is 2.23. The fraction of sp³-hybridized carbons (Fsp3) is 0.316. The van der Waals surface area contributed by atoms with E-state index in [1.165, 1.54) is 5.56 Å². The predicted molar refractivity (Wildman–Crippen MR) is 104 cm³/mol. The van der Waals surface area contributed by atoms with Gasteiger partial charge in [0.15, 0.2) is 6.61 Å². The van der Waals surface area contributed by atoms with Crippen LogP contribution in [-0.2, 0) is 11.2 Å². The Balaban J connectivity index is 1.67. The van der Waals surface area contributed by atoms with Crippen molar-refractivity contribution >= 4 is 28.5 Å². The fourth-order valence-electron chi connectivity index (χ4n) is 2.24. The highest BCUT2D eigenvalue weighted by molar-refractivity contribution is 14.1. The number of halogens is 1. The molecule has 2 aromatic carbocycles. The molecule has 0 radical (unpaired) electrons. The first kappa shape index (κ1) is 18.6. The summed E-state index contributed by atoms with van der Waals surface area (Å²) in [6.07, 6.45) is 1.73. The topological polar surface area (TPSA) is 47.6 Å². The Morgan fingerprint density at radius 1 is 1.08 bits per heavy atom. The molecule has 1 amide bonds. The molecule has 128 valence electrons. The van der Waals surface area contributed by atoms with Crippen molar-refractivity contribution in [3.05, 3.63) is 57.7 Å². The summed E-state index contributed by atoms with van der Waals surface area (Å²) in [7, 11) is 0. The lowest BCUT2D eigenvalue weighted by atomic mass is 10.1. The van der Waals surface area contributed by atoms with Gasteiger partial charge in [-0.1, -0.05) is 18.2 Å². The molecule has 1 N–H and O–H groups in total. The predicted octanol–water partition coefficient (Wildman–Crippen LogP) is 3.82. The smallest absolute Gasteiger partial charge is 0.257 e. The Morgan fingerprint density at radius 3 is 2.58 bits per heavy atom. The van der Waals surface area contributed by atoms with Gasteiger partial charge in [-0.3, -0.25) is 4.79 Å². The normalized spacial score (nSPS) is 10.2. The van der Waals surface area contributed by atoms with Gasteiger partial charge < -0.3 is 14.8 Å². The zero-order valence-corrected chi connectivity index (χ0v) is 15.9. The monoisotopic (exact) mass is 439 g/mol. The Morgan fingerprint density at radius 2 is 1.83 bits per heavy atom. The number of carbonyl (C=O) groups excluding carboxylic acids is 1. The Hall–Kier alpha value is -1.76. The third-order valence-corrected chi connectivity index (χ3v) is 4.12. The largest absolute Gasteiger partial charge is 0.494 e. The molecule has 0 atom stereocenters. The molecule has 0 fully saturated rings. The van der Waals surface area contributed by atoms with Gasteiger partial charge in [-0.05, 0) is 78.3 Å².